The van der Waals surface area contributed by atoms with E-state index >= 15 is 0 Å². The molecule has 0 aliphatic heterocycles. The van der Waals surface area contributed by atoms with Crippen LogP contribution in [0.3, 0.4) is 0 Å². The van der Waals surface area contributed by atoms with E-state index in [2.05, 4.69) is 15.4 Å². The number of ether oxygens (including phenoxy) is 1. The van der Waals surface area contributed by atoms with Gasteiger partial charge in [0.25, 0.3) is 0 Å². The highest BCUT2D eigenvalue weighted by Crippen LogP contribution is 2.32. The molecular formula is C23H23F3N4O2. The van der Waals surface area contributed by atoms with Gasteiger partial charge in [-0.2, -0.15) is 18.2 Å². The highest BCUT2D eigenvalue weighted by molar-refractivity contribution is 5.93. The Labute approximate surface area is 183 Å². The van der Waals surface area contributed by atoms with Gasteiger partial charge in [0.15, 0.2) is 5.82 Å². The van der Waals surface area contributed by atoms with Crippen LogP contribution in [0.5, 0.6) is 6.01 Å². The molecule has 0 spiro atoms. The molecule has 1 fully saturated rings. The molecule has 4 rings (SSSR count). The largest absolute Gasteiger partial charge is 0.460 e. The smallest absolute Gasteiger partial charge is 0.416 e. The molecule has 6 nitrogen and oxygen atoms in total. The molecule has 32 heavy (non-hydrogen) atoms. The van der Waals surface area contributed by atoms with Crippen molar-refractivity contribution in [1.82, 2.24) is 14.8 Å². The van der Waals surface area contributed by atoms with E-state index in [4.69, 9.17) is 4.74 Å². The van der Waals surface area contributed by atoms with Crippen molar-refractivity contribution < 1.29 is 22.7 Å². The van der Waals surface area contributed by atoms with E-state index in [0.29, 0.717) is 22.8 Å². The summed E-state index contributed by atoms with van der Waals surface area (Å²) in [5.74, 6) is 0.356. The Hall–Kier alpha value is -3.36. The van der Waals surface area contributed by atoms with Gasteiger partial charge in [-0.1, -0.05) is 24.6 Å². The van der Waals surface area contributed by atoms with Crippen molar-refractivity contribution in [3.63, 3.8) is 0 Å². The topological polar surface area (TPSA) is 69.0 Å². The SMILES string of the molecule is CC(C)Oc1nc(-c2ccc(C(F)(F)F)cc2)n(-c2cccc(NC(=O)C3CCC3)c2)n1. The molecule has 0 radical (unpaired) electrons. The van der Waals surface area contributed by atoms with E-state index < -0.39 is 11.7 Å². The number of benzene rings is 2. The normalized spacial score (nSPS) is 14.3. The highest BCUT2D eigenvalue weighted by Gasteiger charge is 2.30. The Bertz CT molecular complexity index is 1100. The molecule has 0 unspecified atom stereocenters. The van der Waals surface area contributed by atoms with Crippen LogP contribution in [0.4, 0.5) is 18.9 Å². The standard InChI is InChI=1S/C23H23F3N4O2/c1-14(2)32-22-28-20(15-9-11-17(12-10-15)23(24,25)26)30(29-22)19-8-4-7-18(13-19)27-21(31)16-5-3-6-16/h4,7-14,16H,3,5-6H2,1-2H3,(H,27,31). The van der Waals surface area contributed by atoms with Gasteiger partial charge in [0, 0.05) is 17.2 Å². The maximum atomic E-state index is 13.0. The fourth-order valence-electron chi connectivity index (χ4n) is 3.36. The number of amides is 1. The molecule has 1 aliphatic carbocycles. The van der Waals surface area contributed by atoms with Gasteiger partial charge in [-0.3, -0.25) is 4.79 Å². The summed E-state index contributed by atoms with van der Waals surface area (Å²) in [7, 11) is 0. The lowest BCUT2D eigenvalue weighted by molar-refractivity contribution is -0.137. The predicted octanol–water partition coefficient (Wildman–Crippen LogP) is 5.48. The van der Waals surface area contributed by atoms with Crippen molar-refractivity contribution in [3.05, 3.63) is 54.1 Å². The van der Waals surface area contributed by atoms with Gasteiger partial charge in [0.2, 0.25) is 5.91 Å². The summed E-state index contributed by atoms with van der Waals surface area (Å²) in [6.07, 6.45) is -1.76. The third-order valence-electron chi connectivity index (χ3n) is 5.23. The van der Waals surface area contributed by atoms with Crippen LogP contribution in [0, 0.1) is 5.92 Å². The second-order valence-electron chi connectivity index (χ2n) is 8.04. The molecule has 2 aromatic carbocycles. The van der Waals surface area contributed by atoms with Crippen LogP contribution >= 0.6 is 0 Å². The Morgan fingerprint density at radius 3 is 2.47 bits per heavy atom. The molecule has 0 atom stereocenters. The Kier molecular flexibility index (Phi) is 5.90. The third-order valence-corrected chi connectivity index (χ3v) is 5.23. The van der Waals surface area contributed by atoms with Crippen LogP contribution in [-0.4, -0.2) is 26.8 Å². The van der Waals surface area contributed by atoms with Crippen molar-refractivity contribution in [2.45, 2.75) is 45.4 Å². The van der Waals surface area contributed by atoms with Crippen LogP contribution in [0.15, 0.2) is 48.5 Å². The average molecular weight is 444 g/mol. The van der Waals surface area contributed by atoms with E-state index in [1.807, 2.05) is 13.8 Å². The Morgan fingerprint density at radius 2 is 1.88 bits per heavy atom. The minimum Gasteiger partial charge on any atom is -0.460 e. The molecule has 0 bridgehead atoms. The third kappa shape index (κ3) is 4.76. The fourth-order valence-corrected chi connectivity index (χ4v) is 3.36. The average Bonchev–Trinajstić information content (AvgIpc) is 3.09. The zero-order chi connectivity index (χ0) is 22.9. The van der Waals surface area contributed by atoms with Gasteiger partial charge in [0.1, 0.15) is 0 Å². The van der Waals surface area contributed by atoms with Gasteiger partial charge < -0.3 is 10.1 Å². The number of hydrogen-bond acceptors (Lipinski definition) is 4. The first-order valence-corrected chi connectivity index (χ1v) is 10.4. The predicted molar refractivity (Wildman–Crippen MR) is 114 cm³/mol. The molecule has 1 aromatic heterocycles. The van der Waals surface area contributed by atoms with Gasteiger partial charge in [-0.15, -0.1) is 5.10 Å². The summed E-state index contributed by atoms with van der Waals surface area (Å²) >= 11 is 0. The number of aromatic nitrogens is 3. The molecular weight excluding hydrogens is 421 g/mol. The summed E-state index contributed by atoms with van der Waals surface area (Å²) in [4.78, 5) is 16.7. The van der Waals surface area contributed by atoms with Crippen LogP contribution in [0.2, 0.25) is 0 Å². The number of anilines is 1. The van der Waals surface area contributed by atoms with Gasteiger partial charge in [-0.05, 0) is 57.0 Å². The zero-order valence-corrected chi connectivity index (χ0v) is 17.7. The minimum atomic E-state index is -4.43. The number of nitrogens with zero attached hydrogens (tertiary/aromatic N) is 3. The number of carbonyl (C=O) groups is 1. The Balaban J connectivity index is 1.69. The molecule has 3 aromatic rings. The van der Waals surface area contributed by atoms with Crippen LogP contribution in [-0.2, 0) is 11.0 Å². The second-order valence-corrected chi connectivity index (χ2v) is 8.04. The lowest BCUT2D eigenvalue weighted by Crippen LogP contribution is -2.28. The number of rotatable bonds is 6. The summed E-state index contributed by atoms with van der Waals surface area (Å²) in [6, 6.07) is 11.9. The van der Waals surface area contributed by atoms with Gasteiger partial charge >= 0.3 is 12.2 Å². The van der Waals surface area contributed by atoms with Gasteiger partial charge in [0.05, 0.1) is 17.4 Å². The molecule has 168 valence electrons. The number of carbonyl (C=O) groups excluding carboxylic acids is 1. The first-order chi connectivity index (χ1) is 15.2. The quantitative estimate of drug-likeness (QED) is 0.547. The van der Waals surface area contributed by atoms with Crippen molar-refractivity contribution in [3.8, 4) is 23.1 Å². The minimum absolute atomic E-state index is 0.0150. The van der Waals surface area contributed by atoms with E-state index in [9.17, 15) is 18.0 Å². The molecule has 9 heteroatoms. The van der Waals surface area contributed by atoms with E-state index in [1.165, 1.54) is 16.8 Å². The first-order valence-electron chi connectivity index (χ1n) is 10.4. The molecule has 1 amide bonds. The number of alkyl halides is 3. The summed E-state index contributed by atoms with van der Waals surface area (Å²) in [5.41, 5.74) is 0.914. The monoisotopic (exact) mass is 444 g/mol. The fraction of sp³-hybridized carbons (Fsp3) is 0.348. The van der Waals surface area contributed by atoms with Crippen LogP contribution < -0.4 is 10.1 Å². The van der Waals surface area contributed by atoms with E-state index in [1.54, 1.807) is 24.3 Å². The first kappa shape index (κ1) is 21.9. The van der Waals surface area contributed by atoms with Crippen molar-refractivity contribution in [2.75, 3.05) is 5.32 Å². The Morgan fingerprint density at radius 1 is 1.16 bits per heavy atom. The number of nitrogens with one attached hydrogen (secondary N) is 1. The zero-order valence-electron chi connectivity index (χ0n) is 17.7. The molecule has 1 N–H and O–H groups in total. The van der Waals surface area contributed by atoms with E-state index in [-0.39, 0.29) is 23.9 Å². The van der Waals surface area contributed by atoms with Crippen molar-refractivity contribution in [2.24, 2.45) is 5.92 Å². The summed E-state index contributed by atoms with van der Waals surface area (Å²) in [6.45, 7) is 3.66. The van der Waals surface area contributed by atoms with Crippen molar-refractivity contribution >= 4 is 11.6 Å². The summed E-state index contributed by atoms with van der Waals surface area (Å²) in [5, 5.41) is 7.32. The van der Waals surface area contributed by atoms with Crippen LogP contribution in [0.25, 0.3) is 17.1 Å². The summed E-state index contributed by atoms with van der Waals surface area (Å²) < 4.78 is 46.0. The molecule has 1 aliphatic rings. The van der Waals surface area contributed by atoms with E-state index in [0.717, 1.165) is 31.4 Å². The lowest BCUT2D eigenvalue weighted by atomic mass is 9.85. The number of halogens is 3. The maximum absolute atomic E-state index is 13.0. The molecule has 1 saturated carbocycles. The van der Waals surface area contributed by atoms with Gasteiger partial charge in [-0.25, -0.2) is 4.68 Å². The van der Waals surface area contributed by atoms with Crippen molar-refractivity contribution in [1.29, 1.82) is 0 Å². The molecule has 0 saturated heterocycles. The lowest BCUT2D eigenvalue weighted by Gasteiger charge is -2.24. The van der Waals surface area contributed by atoms with Crippen LogP contribution in [0.1, 0.15) is 38.7 Å². The molecule has 1 heterocycles. The maximum Gasteiger partial charge on any atom is 0.416 e. The second kappa shape index (κ2) is 8.64. The highest BCUT2D eigenvalue weighted by atomic mass is 19.4. The number of hydrogen-bond donors (Lipinski definition) is 1.